The Hall–Kier alpha value is -1.23. The molecule has 0 aliphatic rings. The summed E-state index contributed by atoms with van der Waals surface area (Å²) in [5.74, 6) is 0. The summed E-state index contributed by atoms with van der Waals surface area (Å²) in [4.78, 5) is 21.2. The van der Waals surface area contributed by atoms with Crippen LogP contribution in [0, 0.1) is 24.0 Å². The standard InChI is InChI=1S/C9H8BrNO3/c1-5-3-7(9(10)12)4-6(2)8(5)11(13)14/h3-4H,1-2H3. The maximum absolute atomic E-state index is 11.0. The van der Waals surface area contributed by atoms with Gasteiger partial charge in [-0.1, -0.05) is 0 Å². The molecule has 0 saturated carbocycles. The minimum Gasteiger partial charge on any atom is -0.281 e. The van der Waals surface area contributed by atoms with Crippen molar-refractivity contribution in [2.75, 3.05) is 0 Å². The van der Waals surface area contributed by atoms with Gasteiger partial charge in [0.05, 0.1) is 4.92 Å². The first-order valence-electron chi connectivity index (χ1n) is 3.89. The molecule has 0 aliphatic heterocycles. The van der Waals surface area contributed by atoms with Crippen LogP contribution in [0.4, 0.5) is 5.69 Å². The summed E-state index contributed by atoms with van der Waals surface area (Å²) in [5, 5.41) is 10.6. The molecule has 5 heteroatoms. The highest BCUT2D eigenvalue weighted by atomic mass is 79.9. The Morgan fingerprint density at radius 2 is 1.79 bits per heavy atom. The molecule has 0 spiro atoms. The first-order valence-corrected chi connectivity index (χ1v) is 4.68. The van der Waals surface area contributed by atoms with Crippen molar-refractivity contribution in [2.45, 2.75) is 13.8 Å². The highest BCUT2D eigenvalue weighted by Gasteiger charge is 2.16. The first kappa shape index (κ1) is 10.8. The predicted molar refractivity (Wildman–Crippen MR) is 55.8 cm³/mol. The van der Waals surface area contributed by atoms with Gasteiger partial charge in [-0.2, -0.15) is 0 Å². The molecule has 14 heavy (non-hydrogen) atoms. The number of benzene rings is 1. The third kappa shape index (κ3) is 1.98. The number of hydrogen-bond acceptors (Lipinski definition) is 3. The number of rotatable bonds is 2. The van der Waals surface area contributed by atoms with Gasteiger partial charge in [-0.05, 0) is 41.9 Å². The van der Waals surface area contributed by atoms with Gasteiger partial charge in [0.2, 0.25) is 4.69 Å². The second kappa shape index (κ2) is 3.88. The molecule has 0 amide bonds. The van der Waals surface area contributed by atoms with E-state index in [1.807, 2.05) is 0 Å². The van der Waals surface area contributed by atoms with Crippen LogP contribution >= 0.6 is 15.9 Å². The maximum Gasteiger partial charge on any atom is 0.275 e. The Bertz CT molecular complexity index is 392. The van der Waals surface area contributed by atoms with Gasteiger partial charge in [0.1, 0.15) is 0 Å². The number of aryl methyl sites for hydroxylation is 2. The van der Waals surface area contributed by atoms with Crippen molar-refractivity contribution in [3.05, 3.63) is 38.9 Å². The van der Waals surface area contributed by atoms with Gasteiger partial charge < -0.3 is 0 Å². The van der Waals surface area contributed by atoms with E-state index in [4.69, 9.17) is 0 Å². The SMILES string of the molecule is Cc1cc(C(=O)Br)cc(C)c1[N+](=O)[O-]. The Balaban J connectivity index is 3.39. The largest absolute Gasteiger partial charge is 0.281 e. The third-order valence-corrected chi connectivity index (χ3v) is 2.36. The van der Waals surface area contributed by atoms with Crippen molar-refractivity contribution in [1.82, 2.24) is 0 Å². The molecule has 1 aromatic carbocycles. The maximum atomic E-state index is 11.0. The van der Waals surface area contributed by atoms with Crippen LogP contribution in [0.25, 0.3) is 0 Å². The van der Waals surface area contributed by atoms with Gasteiger partial charge in [-0.15, -0.1) is 0 Å². The molecule has 0 saturated heterocycles. The topological polar surface area (TPSA) is 60.2 Å². The van der Waals surface area contributed by atoms with Crippen molar-refractivity contribution in [1.29, 1.82) is 0 Å². The number of carbonyl (C=O) groups excluding carboxylic acids is 1. The zero-order chi connectivity index (χ0) is 10.9. The fourth-order valence-electron chi connectivity index (χ4n) is 1.36. The molecule has 0 unspecified atom stereocenters. The van der Waals surface area contributed by atoms with E-state index in [9.17, 15) is 14.9 Å². The monoisotopic (exact) mass is 257 g/mol. The second-order valence-corrected chi connectivity index (χ2v) is 3.71. The van der Waals surface area contributed by atoms with E-state index in [1.54, 1.807) is 13.8 Å². The Morgan fingerprint density at radius 3 is 2.07 bits per heavy atom. The van der Waals surface area contributed by atoms with Gasteiger partial charge in [0.15, 0.2) is 0 Å². The molecule has 0 N–H and O–H groups in total. The second-order valence-electron chi connectivity index (χ2n) is 2.99. The predicted octanol–water partition coefficient (Wildman–Crippen LogP) is 2.75. The molecule has 1 rings (SSSR count). The number of nitro benzene ring substituents is 1. The van der Waals surface area contributed by atoms with E-state index in [0.29, 0.717) is 16.7 Å². The van der Waals surface area contributed by atoms with Crippen molar-refractivity contribution in [3.8, 4) is 0 Å². The average molecular weight is 258 g/mol. The van der Waals surface area contributed by atoms with Crippen LogP contribution in [0.1, 0.15) is 21.5 Å². The van der Waals surface area contributed by atoms with E-state index >= 15 is 0 Å². The first-order chi connectivity index (χ1) is 6.43. The van der Waals surface area contributed by atoms with Gasteiger partial charge >= 0.3 is 0 Å². The van der Waals surface area contributed by atoms with E-state index in [2.05, 4.69) is 15.9 Å². The number of nitrogens with zero attached hydrogens (tertiary/aromatic N) is 1. The summed E-state index contributed by atoms with van der Waals surface area (Å²) in [6.07, 6.45) is 0. The molecule has 0 fully saturated rings. The quantitative estimate of drug-likeness (QED) is 0.465. The van der Waals surface area contributed by atoms with Gasteiger partial charge in [-0.25, -0.2) is 0 Å². The lowest BCUT2D eigenvalue weighted by Gasteiger charge is -2.02. The molecular weight excluding hydrogens is 250 g/mol. The third-order valence-electron chi connectivity index (χ3n) is 1.90. The summed E-state index contributed by atoms with van der Waals surface area (Å²) in [6.45, 7) is 3.23. The summed E-state index contributed by atoms with van der Waals surface area (Å²) >= 11 is 2.80. The highest BCUT2D eigenvalue weighted by molar-refractivity contribution is 9.18. The normalized spacial score (nSPS) is 9.93. The molecule has 74 valence electrons. The lowest BCUT2D eigenvalue weighted by atomic mass is 10.1. The van der Waals surface area contributed by atoms with Crippen LogP contribution in [0.3, 0.4) is 0 Å². The number of carbonyl (C=O) groups is 1. The Morgan fingerprint density at radius 1 is 1.36 bits per heavy atom. The minimum atomic E-state index is -0.437. The van der Waals surface area contributed by atoms with Crippen LogP contribution in [-0.4, -0.2) is 9.62 Å². The molecule has 4 nitrogen and oxygen atoms in total. The molecule has 0 aromatic heterocycles. The van der Waals surface area contributed by atoms with E-state index in [-0.39, 0.29) is 10.4 Å². The van der Waals surface area contributed by atoms with Crippen molar-refractivity contribution in [2.24, 2.45) is 0 Å². The average Bonchev–Trinajstić information content (AvgIpc) is 2.01. The van der Waals surface area contributed by atoms with E-state index < -0.39 is 4.92 Å². The minimum absolute atomic E-state index is 0.0718. The molecule has 0 aliphatic carbocycles. The van der Waals surface area contributed by atoms with Crippen molar-refractivity contribution < 1.29 is 9.72 Å². The van der Waals surface area contributed by atoms with Crippen molar-refractivity contribution in [3.63, 3.8) is 0 Å². The van der Waals surface area contributed by atoms with Gasteiger partial charge in [-0.3, -0.25) is 14.9 Å². The molecule has 0 radical (unpaired) electrons. The summed E-state index contributed by atoms with van der Waals surface area (Å²) < 4.78 is -0.265. The summed E-state index contributed by atoms with van der Waals surface area (Å²) in [7, 11) is 0. The summed E-state index contributed by atoms with van der Waals surface area (Å²) in [6, 6.07) is 3.00. The van der Waals surface area contributed by atoms with Crippen LogP contribution < -0.4 is 0 Å². The fraction of sp³-hybridized carbons (Fsp3) is 0.222. The molecular formula is C9H8BrNO3. The van der Waals surface area contributed by atoms with Crippen LogP contribution in [0.5, 0.6) is 0 Å². The number of halogens is 1. The zero-order valence-electron chi connectivity index (χ0n) is 7.70. The molecule has 0 atom stereocenters. The van der Waals surface area contributed by atoms with Crippen LogP contribution in [0.2, 0.25) is 0 Å². The smallest absolute Gasteiger partial charge is 0.275 e. The van der Waals surface area contributed by atoms with E-state index in [1.165, 1.54) is 12.1 Å². The van der Waals surface area contributed by atoms with Gasteiger partial charge in [0, 0.05) is 16.7 Å². The fourth-order valence-corrected chi connectivity index (χ4v) is 1.59. The number of nitro groups is 1. The zero-order valence-corrected chi connectivity index (χ0v) is 9.29. The number of hydrogen-bond donors (Lipinski definition) is 0. The molecule has 0 heterocycles. The lowest BCUT2D eigenvalue weighted by Crippen LogP contribution is -1.98. The Labute approximate surface area is 89.2 Å². The summed E-state index contributed by atoms with van der Waals surface area (Å²) in [5.41, 5.74) is 1.50. The van der Waals surface area contributed by atoms with E-state index in [0.717, 1.165) is 0 Å². The molecule has 0 bridgehead atoms. The van der Waals surface area contributed by atoms with Crippen LogP contribution in [0.15, 0.2) is 12.1 Å². The van der Waals surface area contributed by atoms with Gasteiger partial charge in [0.25, 0.3) is 5.69 Å². The highest BCUT2D eigenvalue weighted by Crippen LogP contribution is 2.25. The van der Waals surface area contributed by atoms with Crippen LogP contribution in [-0.2, 0) is 0 Å². The van der Waals surface area contributed by atoms with Crippen molar-refractivity contribution >= 4 is 26.3 Å². The lowest BCUT2D eigenvalue weighted by molar-refractivity contribution is -0.386. The Kier molecular flexibility index (Phi) is 3.00. The molecule has 1 aromatic rings.